The van der Waals surface area contributed by atoms with Crippen LogP contribution in [0, 0.1) is 0 Å². The van der Waals surface area contributed by atoms with Gasteiger partial charge in [-0.25, -0.2) is 8.42 Å². The maximum Gasteiger partial charge on any atom is 0.244 e. The number of hydrogen-bond donors (Lipinski definition) is 0. The van der Waals surface area contributed by atoms with Crippen molar-refractivity contribution in [2.75, 3.05) is 11.4 Å². The van der Waals surface area contributed by atoms with E-state index in [4.69, 9.17) is 0 Å². The Morgan fingerprint density at radius 3 is 2.55 bits per heavy atom. The molecule has 1 aliphatic rings. The van der Waals surface area contributed by atoms with Gasteiger partial charge < -0.3 is 4.90 Å². The molecule has 0 spiro atoms. The summed E-state index contributed by atoms with van der Waals surface area (Å²) >= 11 is 3.48. The molecule has 7 heteroatoms. The van der Waals surface area contributed by atoms with Gasteiger partial charge in [-0.2, -0.15) is 4.31 Å². The first-order valence-electron chi connectivity index (χ1n) is 9.92. The Balaban J connectivity index is 2.03. The van der Waals surface area contributed by atoms with Gasteiger partial charge in [-0.15, -0.1) is 0 Å². The monoisotopic (exact) mass is 478 g/mol. The largest absolute Gasteiger partial charge is 0.309 e. The van der Waals surface area contributed by atoms with Crippen LogP contribution in [0.1, 0.15) is 44.7 Å². The van der Waals surface area contributed by atoms with Crippen molar-refractivity contribution in [3.8, 4) is 0 Å². The predicted octanol–water partition coefficient (Wildman–Crippen LogP) is 4.74. The minimum atomic E-state index is -3.74. The van der Waals surface area contributed by atoms with E-state index in [2.05, 4.69) is 15.9 Å². The van der Waals surface area contributed by atoms with Crippen molar-refractivity contribution in [1.82, 2.24) is 4.31 Å². The molecule has 1 atom stereocenters. The van der Waals surface area contributed by atoms with Crippen LogP contribution in [0.3, 0.4) is 0 Å². The summed E-state index contributed by atoms with van der Waals surface area (Å²) < 4.78 is 29.3. The molecule has 0 aromatic heterocycles. The number of rotatable bonds is 7. The molecule has 5 nitrogen and oxygen atoms in total. The molecule has 0 unspecified atom stereocenters. The van der Waals surface area contributed by atoms with Crippen LogP contribution in [-0.2, 0) is 27.8 Å². The number of nitrogens with zero attached hydrogens (tertiary/aromatic N) is 2. The first kappa shape index (κ1) is 22.0. The average Bonchev–Trinajstić information content (AvgIpc) is 2.99. The second kappa shape index (κ2) is 8.98. The molecular weight excluding hydrogens is 452 g/mol. The number of amides is 1. The van der Waals surface area contributed by atoms with Crippen LogP contribution in [0.4, 0.5) is 5.69 Å². The molecule has 1 heterocycles. The van der Waals surface area contributed by atoms with E-state index in [1.807, 2.05) is 50.2 Å². The van der Waals surface area contributed by atoms with E-state index in [1.54, 1.807) is 11.0 Å². The van der Waals surface area contributed by atoms with E-state index in [9.17, 15) is 13.2 Å². The minimum Gasteiger partial charge on any atom is -0.309 e. The van der Waals surface area contributed by atoms with Crippen LogP contribution >= 0.6 is 15.9 Å². The third-order valence-electron chi connectivity index (χ3n) is 5.27. The maximum absolute atomic E-state index is 13.6. The zero-order valence-electron chi connectivity index (χ0n) is 17.1. The molecule has 2 aromatic carbocycles. The normalized spacial score (nSPS) is 16.3. The van der Waals surface area contributed by atoms with Crippen molar-refractivity contribution in [3.63, 3.8) is 0 Å². The van der Waals surface area contributed by atoms with E-state index < -0.39 is 10.0 Å². The number of fused-ring (bicyclic) bond motifs is 1. The summed E-state index contributed by atoms with van der Waals surface area (Å²) in [4.78, 5) is 14.0. The predicted molar refractivity (Wildman–Crippen MR) is 119 cm³/mol. The molecule has 29 heavy (non-hydrogen) atoms. The molecular formula is C22H27BrN2O3S. The fourth-order valence-electron chi connectivity index (χ4n) is 3.84. The second-order valence-corrected chi connectivity index (χ2v) is 10.3. The Bertz CT molecular complexity index is 993. The van der Waals surface area contributed by atoms with Crippen molar-refractivity contribution in [1.29, 1.82) is 0 Å². The smallest absolute Gasteiger partial charge is 0.244 e. The SMILES string of the molecule is CCCCN(Cc1ccccc1)S(=O)(=O)c1cc2c(cc1Br)C[C@H](C)N2C(C)=O. The summed E-state index contributed by atoms with van der Waals surface area (Å²) in [5.74, 6) is -0.0750. The Kier molecular flexibility index (Phi) is 6.81. The van der Waals surface area contributed by atoms with Gasteiger partial charge >= 0.3 is 0 Å². The third-order valence-corrected chi connectivity index (χ3v) is 8.07. The summed E-state index contributed by atoms with van der Waals surface area (Å²) in [6.07, 6.45) is 2.41. The Hall–Kier alpha value is -1.70. The van der Waals surface area contributed by atoms with Crippen molar-refractivity contribution >= 4 is 37.5 Å². The summed E-state index contributed by atoms with van der Waals surface area (Å²) in [7, 11) is -3.74. The molecule has 3 rings (SSSR count). The lowest BCUT2D eigenvalue weighted by Crippen LogP contribution is -2.34. The van der Waals surface area contributed by atoms with Crippen LogP contribution in [0.5, 0.6) is 0 Å². The van der Waals surface area contributed by atoms with Crippen LogP contribution in [0.15, 0.2) is 51.8 Å². The van der Waals surface area contributed by atoms with Crippen molar-refractivity contribution in [2.45, 2.75) is 57.5 Å². The van der Waals surface area contributed by atoms with Crippen molar-refractivity contribution in [3.05, 3.63) is 58.1 Å². The third kappa shape index (κ3) is 4.57. The molecule has 0 saturated heterocycles. The van der Waals surface area contributed by atoms with Gasteiger partial charge in [-0.3, -0.25) is 4.79 Å². The van der Waals surface area contributed by atoms with Gasteiger partial charge in [0.15, 0.2) is 0 Å². The highest BCUT2D eigenvalue weighted by Gasteiger charge is 2.33. The number of anilines is 1. The topological polar surface area (TPSA) is 57.7 Å². The van der Waals surface area contributed by atoms with Gasteiger partial charge in [0.2, 0.25) is 15.9 Å². The average molecular weight is 479 g/mol. The lowest BCUT2D eigenvalue weighted by Gasteiger charge is -2.25. The second-order valence-electron chi connectivity index (χ2n) is 7.53. The molecule has 1 aliphatic heterocycles. The summed E-state index contributed by atoms with van der Waals surface area (Å²) in [6.45, 7) is 6.31. The van der Waals surface area contributed by atoms with Crippen LogP contribution in [0.2, 0.25) is 0 Å². The van der Waals surface area contributed by atoms with E-state index in [0.717, 1.165) is 30.4 Å². The molecule has 0 radical (unpaired) electrons. The number of halogens is 1. The Morgan fingerprint density at radius 2 is 1.93 bits per heavy atom. The van der Waals surface area contributed by atoms with Crippen LogP contribution in [-0.4, -0.2) is 31.2 Å². The summed E-state index contributed by atoms with van der Waals surface area (Å²) in [5, 5.41) is 0. The van der Waals surface area contributed by atoms with E-state index in [-0.39, 0.29) is 16.8 Å². The van der Waals surface area contributed by atoms with Gasteiger partial charge in [-0.1, -0.05) is 43.7 Å². The quantitative estimate of drug-likeness (QED) is 0.577. The molecule has 0 N–H and O–H groups in total. The van der Waals surface area contributed by atoms with E-state index in [1.165, 1.54) is 11.2 Å². The molecule has 0 aliphatic carbocycles. The maximum atomic E-state index is 13.6. The number of carbonyl (C=O) groups excluding carboxylic acids is 1. The molecule has 2 aromatic rings. The van der Waals surface area contributed by atoms with Gasteiger partial charge in [-0.05, 0) is 59.0 Å². The number of unbranched alkanes of at least 4 members (excludes halogenated alkanes) is 1. The Morgan fingerprint density at radius 1 is 1.24 bits per heavy atom. The van der Waals surface area contributed by atoms with Crippen LogP contribution < -0.4 is 4.90 Å². The molecule has 0 saturated carbocycles. The number of benzene rings is 2. The molecule has 0 bridgehead atoms. The number of carbonyl (C=O) groups is 1. The van der Waals surface area contributed by atoms with Crippen molar-refractivity contribution < 1.29 is 13.2 Å². The summed E-state index contributed by atoms with van der Waals surface area (Å²) in [6, 6.07) is 13.1. The number of sulfonamides is 1. The van der Waals surface area contributed by atoms with E-state index >= 15 is 0 Å². The Labute approximate surface area is 181 Å². The standard InChI is InChI=1S/C22H27BrN2O3S/c1-4-5-11-24(15-18-9-7-6-8-10-18)29(27,28)22-14-21-19(13-20(22)23)12-16(2)25(21)17(3)26/h6-10,13-14,16H,4-5,11-12,15H2,1-3H3/t16-/m0/s1. The first-order valence-corrected chi connectivity index (χ1v) is 12.1. The minimum absolute atomic E-state index is 0.0212. The number of hydrogen-bond acceptors (Lipinski definition) is 3. The molecule has 156 valence electrons. The highest BCUT2D eigenvalue weighted by atomic mass is 79.9. The van der Waals surface area contributed by atoms with E-state index in [0.29, 0.717) is 23.2 Å². The fourth-order valence-corrected chi connectivity index (χ4v) is 6.38. The fraction of sp³-hybridized carbons (Fsp3) is 0.409. The lowest BCUT2D eigenvalue weighted by molar-refractivity contribution is -0.116. The summed E-state index contributed by atoms with van der Waals surface area (Å²) in [5.41, 5.74) is 2.63. The molecule has 1 amide bonds. The van der Waals surface area contributed by atoms with Gasteiger partial charge in [0, 0.05) is 36.2 Å². The van der Waals surface area contributed by atoms with Gasteiger partial charge in [0.1, 0.15) is 0 Å². The highest BCUT2D eigenvalue weighted by Crippen LogP contribution is 2.39. The first-order chi connectivity index (χ1) is 13.8. The lowest BCUT2D eigenvalue weighted by atomic mass is 10.1. The molecule has 0 fully saturated rings. The zero-order chi connectivity index (χ0) is 21.2. The van der Waals surface area contributed by atoms with Gasteiger partial charge in [0.05, 0.1) is 4.90 Å². The van der Waals surface area contributed by atoms with Gasteiger partial charge in [0.25, 0.3) is 0 Å². The van der Waals surface area contributed by atoms with Crippen molar-refractivity contribution in [2.24, 2.45) is 0 Å². The zero-order valence-corrected chi connectivity index (χ0v) is 19.5. The highest BCUT2D eigenvalue weighted by molar-refractivity contribution is 9.10. The van der Waals surface area contributed by atoms with Crippen LogP contribution in [0.25, 0.3) is 0 Å².